The minimum atomic E-state index is -0.201. The molecule has 0 radical (unpaired) electrons. The van der Waals surface area contributed by atoms with Crippen LogP contribution in [0.1, 0.15) is 5.56 Å². The topological polar surface area (TPSA) is 55.1 Å². The maximum atomic E-state index is 11.8. The van der Waals surface area contributed by atoms with Gasteiger partial charge in [-0.15, -0.1) is 0 Å². The number of aromatic nitrogens is 2. The zero-order valence-corrected chi connectivity index (χ0v) is 11.8. The highest BCUT2D eigenvalue weighted by atomic mass is 79.9. The number of benzene rings is 1. The summed E-state index contributed by atoms with van der Waals surface area (Å²) >= 11 is 6.41. The van der Waals surface area contributed by atoms with Gasteiger partial charge in [0.25, 0.3) is 5.56 Å². The van der Waals surface area contributed by atoms with Gasteiger partial charge >= 0.3 is 0 Å². The molecule has 17 heavy (non-hydrogen) atoms. The minimum Gasteiger partial charge on any atom is -0.508 e. The normalized spacial score (nSPS) is 10.5. The lowest BCUT2D eigenvalue weighted by Gasteiger charge is -2.05. The maximum Gasteiger partial charge on any atom is 0.282 e. The van der Waals surface area contributed by atoms with E-state index in [0.29, 0.717) is 15.5 Å². The van der Waals surface area contributed by atoms with Crippen LogP contribution in [0.15, 0.2) is 44.2 Å². The summed E-state index contributed by atoms with van der Waals surface area (Å²) in [5.41, 5.74) is 0.694. The molecule has 0 atom stereocenters. The van der Waals surface area contributed by atoms with E-state index in [9.17, 15) is 4.79 Å². The Morgan fingerprint density at radius 1 is 1.24 bits per heavy atom. The van der Waals surface area contributed by atoms with Gasteiger partial charge in [-0.25, -0.2) is 4.68 Å². The predicted octanol–water partition coefficient (Wildman–Crippen LogP) is 2.52. The molecule has 1 aromatic heterocycles. The number of phenolic OH excluding ortho intramolecular Hbond substituents is 1. The lowest BCUT2D eigenvalue weighted by atomic mass is 10.2. The second-order valence-corrected chi connectivity index (χ2v) is 5.08. The first-order valence-corrected chi connectivity index (χ1v) is 6.35. The van der Waals surface area contributed by atoms with Crippen molar-refractivity contribution in [2.24, 2.45) is 0 Å². The van der Waals surface area contributed by atoms with E-state index in [1.54, 1.807) is 30.5 Å². The van der Waals surface area contributed by atoms with Crippen molar-refractivity contribution in [1.82, 2.24) is 9.78 Å². The third-order valence-corrected chi connectivity index (χ3v) is 4.11. The van der Waals surface area contributed by atoms with Gasteiger partial charge in [-0.2, -0.15) is 5.10 Å². The summed E-state index contributed by atoms with van der Waals surface area (Å²) in [5, 5.41) is 13.2. The van der Waals surface area contributed by atoms with Crippen molar-refractivity contribution in [2.75, 3.05) is 0 Å². The van der Waals surface area contributed by atoms with Gasteiger partial charge in [-0.1, -0.05) is 12.1 Å². The van der Waals surface area contributed by atoms with E-state index in [1.165, 1.54) is 4.68 Å². The van der Waals surface area contributed by atoms with E-state index in [-0.39, 0.29) is 11.3 Å². The molecule has 0 spiro atoms. The fourth-order valence-corrected chi connectivity index (χ4v) is 1.90. The van der Waals surface area contributed by atoms with E-state index < -0.39 is 0 Å². The van der Waals surface area contributed by atoms with Gasteiger partial charge in [0.2, 0.25) is 0 Å². The Balaban J connectivity index is 2.34. The van der Waals surface area contributed by atoms with Gasteiger partial charge in [0.05, 0.1) is 17.2 Å². The molecule has 6 heteroatoms. The number of hydrogen-bond donors (Lipinski definition) is 1. The molecule has 0 aliphatic carbocycles. The molecular weight excluding hydrogens is 352 g/mol. The molecule has 0 unspecified atom stereocenters. The van der Waals surface area contributed by atoms with Crippen LogP contribution in [-0.4, -0.2) is 14.9 Å². The van der Waals surface area contributed by atoms with Gasteiger partial charge in [-0.05, 0) is 49.6 Å². The molecule has 0 saturated carbocycles. The van der Waals surface area contributed by atoms with Crippen molar-refractivity contribution in [3.8, 4) is 5.75 Å². The van der Waals surface area contributed by atoms with Crippen molar-refractivity contribution in [1.29, 1.82) is 0 Å². The van der Waals surface area contributed by atoms with Gasteiger partial charge in [0, 0.05) is 0 Å². The van der Waals surface area contributed by atoms with Gasteiger partial charge in [0.15, 0.2) is 0 Å². The van der Waals surface area contributed by atoms with Crippen molar-refractivity contribution in [3.05, 3.63) is 55.3 Å². The summed E-state index contributed by atoms with van der Waals surface area (Å²) in [6, 6.07) is 6.65. The molecule has 2 aromatic rings. The summed E-state index contributed by atoms with van der Waals surface area (Å²) < 4.78 is 2.43. The standard InChI is InChI=1S/C11H8Br2N2O2/c12-9-5-14-15(11(17)10(9)13)6-7-1-3-8(16)4-2-7/h1-5,16H,6H2. The maximum absolute atomic E-state index is 11.8. The van der Waals surface area contributed by atoms with E-state index >= 15 is 0 Å². The SMILES string of the molecule is O=c1c(Br)c(Br)cnn1Cc1ccc(O)cc1. The van der Waals surface area contributed by atoms with Crippen molar-refractivity contribution < 1.29 is 5.11 Å². The smallest absolute Gasteiger partial charge is 0.282 e. The fourth-order valence-electron chi connectivity index (χ4n) is 1.33. The summed E-state index contributed by atoms with van der Waals surface area (Å²) in [4.78, 5) is 11.8. The minimum absolute atomic E-state index is 0.200. The molecule has 0 saturated heterocycles. The summed E-state index contributed by atoms with van der Waals surface area (Å²) in [6.45, 7) is 0.366. The Labute approximate surface area is 114 Å². The zero-order chi connectivity index (χ0) is 12.4. The first kappa shape index (κ1) is 12.3. The molecule has 0 amide bonds. The number of aromatic hydroxyl groups is 1. The van der Waals surface area contributed by atoms with Crippen LogP contribution in [-0.2, 0) is 6.54 Å². The van der Waals surface area contributed by atoms with Crippen LogP contribution in [0.5, 0.6) is 5.75 Å². The van der Waals surface area contributed by atoms with E-state index in [4.69, 9.17) is 5.11 Å². The predicted molar refractivity (Wildman–Crippen MR) is 71.1 cm³/mol. The molecule has 0 aliphatic rings. The van der Waals surface area contributed by atoms with Crippen molar-refractivity contribution in [3.63, 3.8) is 0 Å². The third kappa shape index (κ3) is 2.76. The quantitative estimate of drug-likeness (QED) is 0.896. The van der Waals surface area contributed by atoms with Gasteiger partial charge in [0.1, 0.15) is 10.2 Å². The molecule has 1 heterocycles. The molecule has 2 rings (SSSR count). The monoisotopic (exact) mass is 358 g/mol. The highest BCUT2D eigenvalue weighted by Gasteiger charge is 2.06. The number of nitrogens with zero attached hydrogens (tertiary/aromatic N) is 2. The number of hydrogen-bond acceptors (Lipinski definition) is 3. The lowest BCUT2D eigenvalue weighted by molar-refractivity contribution is 0.475. The highest BCUT2D eigenvalue weighted by Crippen LogP contribution is 2.17. The van der Waals surface area contributed by atoms with E-state index in [1.807, 2.05) is 0 Å². The second kappa shape index (κ2) is 5.01. The second-order valence-electron chi connectivity index (χ2n) is 3.44. The lowest BCUT2D eigenvalue weighted by Crippen LogP contribution is -2.24. The summed E-state index contributed by atoms with van der Waals surface area (Å²) in [6.07, 6.45) is 1.56. The van der Waals surface area contributed by atoms with Crippen LogP contribution in [0.3, 0.4) is 0 Å². The Morgan fingerprint density at radius 2 is 1.88 bits per heavy atom. The molecular formula is C11H8Br2N2O2. The molecule has 4 nitrogen and oxygen atoms in total. The molecule has 0 aliphatic heterocycles. The van der Waals surface area contributed by atoms with Crippen LogP contribution < -0.4 is 5.56 Å². The Morgan fingerprint density at radius 3 is 2.53 bits per heavy atom. The van der Waals surface area contributed by atoms with Gasteiger partial charge < -0.3 is 5.11 Å². The van der Waals surface area contributed by atoms with Crippen molar-refractivity contribution >= 4 is 31.9 Å². The fraction of sp³-hybridized carbons (Fsp3) is 0.0909. The van der Waals surface area contributed by atoms with E-state index in [0.717, 1.165) is 5.56 Å². The van der Waals surface area contributed by atoms with Crippen molar-refractivity contribution in [2.45, 2.75) is 6.54 Å². The molecule has 1 N–H and O–H groups in total. The average Bonchev–Trinajstić information content (AvgIpc) is 2.33. The summed E-state index contributed by atoms with van der Waals surface area (Å²) in [7, 11) is 0. The number of rotatable bonds is 2. The first-order chi connectivity index (χ1) is 8.08. The Kier molecular flexibility index (Phi) is 3.63. The largest absolute Gasteiger partial charge is 0.508 e. The van der Waals surface area contributed by atoms with Crippen LogP contribution in [0.2, 0.25) is 0 Å². The number of halogens is 2. The van der Waals surface area contributed by atoms with Crippen LogP contribution in [0.25, 0.3) is 0 Å². The Bertz CT molecular complexity index is 593. The Hall–Kier alpha value is -1.14. The average molecular weight is 360 g/mol. The van der Waals surface area contributed by atoms with Crippen LogP contribution in [0.4, 0.5) is 0 Å². The molecule has 0 bridgehead atoms. The number of phenols is 1. The third-order valence-electron chi connectivity index (χ3n) is 2.21. The highest BCUT2D eigenvalue weighted by molar-refractivity contribution is 9.13. The summed E-state index contributed by atoms with van der Waals surface area (Å²) in [5.74, 6) is 0.200. The van der Waals surface area contributed by atoms with Crippen LogP contribution >= 0.6 is 31.9 Å². The van der Waals surface area contributed by atoms with Gasteiger partial charge in [-0.3, -0.25) is 4.79 Å². The molecule has 1 aromatic carbocycles. The first-order valence-electron chi connectivity index (χ1n) is 4.77. The molecule has 88 valence electrons. The molecule has 0 fully saturated rings. The zero-order valence-electron chi connectivity index (χ0n) is 8.60. The van der Waals surface area contributed by atoms with Crippen LogP contribution in [0, 0.1) is 0 Å². The van der Waals surface area contributed by atoms with E-state index in [2.05, 4.69) is 37.0 Å².